The first-order chi connectivity index (χ1) is 12.6. The van der Waals surface area contributed by atoms with E-state index in [9.17, 15) is 4.39 Å². The second kappa shape index (κ2) is 6.97. The number of rotatable bonds is 4. The Hall–Kier alpha value is -2.57. The molecule has 1 saturated heterocycles. The first-order valence-corrected chi connectivity index (χ1v) is 8.61. The lowest BCUT2D eigenvalue weighted by atomic mass is 10.2. The molecule has 1 fully saturated rings. The van der Waals surface area contributed by atoms with E-state index in [1.54, 1.807) is 19.2 Å². The lowest BCUT2D eigenvalue weighted by Crippen LogP contribution is -2.37. The van der Waals surface area contributed by atoms with Gasteiger partial charge in [0.2, 0.25) is 6.35 Å². The van der Waals surface area contributed by atoms with Crippen molar-refractivity contribution in [3.8, 4) is 0 Å². The van der Waals surface area contributed by atoms with Gasteiger partial charge >= 0.3 is 0 Å². The van der Waals surface area contributed by atoms with Crippen LogP contribution in [0.4, 0.5) is 10.1 Å². The molecule has 1 N–H and O–H groups in total. The largest absolute Gasteiger partial charge is 0.352 e. The van der Waals surface area contributed by atoms with Crippen LogP contribution < -0.4 is 10.2 Å². The number of halogens is 2. The molecule has 0 amide bonds. The van der Waals surface area contributed by atoms with Gasteiger partial charge in [0.1, 0.15) is 18.2 Å². The van der Waals surface area contributed by atoms with Crippen molar-refractivity contribution in [2.45, 2.75) is 12.9 Å². The van der Waals surface area contributed by atoms with Crippen LogP contribution in [-0.2, 0) is 11.3 Å². The van der Waals surface area contributed by atoms with Crippen LogP contribution in [0.3, 0.4) is 0 Å². The lowest BCUT2D eigenvalue weighted by Gasteiger charge is -2.28. The summed E-state index contributed by atoms with van der Waals surface area (Å²) in [5.74, 6) is 0.499. The highest BCUT2D eigenvalue weighted by Crippen LogP contribution is 2.29. The van der Waals surface area contributed by atoms with Crippen LogP contribution >= 0.6 is 11.6 Å². The molecule has 0 saturated carbocycles. The van der Waals surface area contributed by atoms with Crippen LogP contribution in [0.1, 0.15) is 5.56 Å². The van der Waals surface area contributed by atoms with Crippen molar-refractivity contribution in [1.82, 2.24) is 10.2 Å². The van der Waals surface area contributed by atoms with Crippen molar-refractivity contribution in [1.29, 1.82) is 0 Å². The first-order valence-electron chi connectivity index (χ1n) is 8.23. The molecular weight excluding hydrogens is 355 g/mol. The number of nitrogens with zero attached hydrogens (tertiary/aromatic N) is 3. The minimum atomic E-state index is -0.388. The van der Waals surface area contributed by atoms with Crippen LogP contribution in [0.15, 0.2) is 65.4 Å². The molecule has 4 rings (SSSR count). The number of nitrogens with one attached hydrogen (secondary N) is 1. The second-order valence-corrected chi connectivity index (χ2v) is 6.55. The van der Waals surface area contributed by atoms with Gasteiger partial charge in [-0.15, -0.1) is 0 Å². The van der Waals surface area contributed by atoms with Gasteiger partial charge in [0.25, 0.3) is 0 Å². The maximum Gasteiger partial charge on any atom is 0.213 e. The molecule has 2 aromatic rings. The molecule has 2 aliphatic heterocycles. The van der Waals surface area contributed by atoms with Gasteiger partial charge in [-0.25, -0.2) is 9.38 Å². The quantitative estimate of drug-likeness (QED) is 0.891. The smallest absolute Gasteiger partial charge is 0.213 e. The molecule has 0 bridgehead atoms. The molecule has 2 aliphatic rings. The van der Waals surface area contributed by atoms with E-state index in [1.807, 2.05) is 35.4 Å². The summed E-state index contributed by atoms with van der Waals surface area (Å²) in [6.07, 6.45) is 1.66. The maximum absolute atomic E-state index is 13.3. The molecule has 0 aromatic heterocycles. The van der Waals surface area contributed by atoms with Crippen LogP contribution in [0.25, 0.3) is 0 Å². The lowest BCUT2D eigenvalue weighted by molar-refractivity contribution is 0.102. The van der Waals surface area contributed by atoms with Gasteiger partial charge in [0.15, 0.2) is 5.84 Å². The summed E-state index contributed by atoms with van der Waals surface area (Å²) in [6, 6.07) is 14.1. The topological polar surface area (TPSA) is 40.1 Å². The van der Waals surface area contributed by atoms with Gasteiger partial charge in [0.05, 0.1) is 0 Å². The Morgan fingerprint density at radius 1 is 1.19 bits per heavy atom. The number of hydrogen-bond acceptors (Lipinski definition) is 5. The van der Waals surface area contributed by atoms with Gasteiger partial charge in [-0.05, 0) is 42.0 Å². The molecular formula is C19H18ClFN4O. The van der Waals surface area contributed by atoms with E-state index in [2.05, 4.69) is 15.2 Å². The van der Waals surface area contributed by atoms with Crippen molar-refractivity contribution in [3.63, 3.8) is 0 Å². The van der Waals surface area contributed by atoms with Crippen LogP contribution in [0, 0.1) is 5.82 Å². The number of ether oxygens (including phenoxy) is 1. The number of hydrogen-bond donors (Lipinski definition) is 1. The van der Waals surface area contributed by atoms with E-state index in [1.165, 1.54) is 12.1 Å². The molecule has 5 nitrogen and oxygen atoms in total. The predicted octanol–water partition coefficient (Wildman–Crippen LogP) is 3.53. The number of amidine groups is 1. The summed E-state index contributed by atoms with van der Waals surface area (Å²) >= 11 is 5.95. The average Bonchev–Trinajstić information content (AvgIpc) is 3.02. The maximum atomic E-state index is 13.3. The summed E-state index contributed by atoms with van der Waals surface area (Å²) in [7, 11) is 1.62. The van der Waals surface area contributed by atoms with Crippen LogP contribution in [0.5, 0.6) is 0 Å². The molecule has 26 heavy (non-hydrogen) atoms. The predicted molar refractivity (Wildman–Crippen MR) is 100 cm³/mol. The normalized spacial score (nSPS) is 19.0. The zero-order chi connectivity index (χ0) is 18.1. The number of benzene rings is 2. The summed E-state index contributed by atoms with van der Waals surface area (Å²) in [4.78, 5) is 8.69. The molecule has 0 spiro atoms. The Morgan fingerprint density at radius 2 is 1.92 bits per heavy atom. The molecule has 0 aliphatic carbocycles. The fourth-order valence-corrected chi connectivity index (χ4v) is 3.21. The van der Waals surface area contributed by atoms with E-state index >= 15 is 0 Å². The molecule has 0 radical (unpaired) electrons. The molecule has 1 unspecified atom stereocenters. The average molecular weight is 373 g/mol. The Balaban J connectivity index is 1.62. The highest BCUT2D eigenvalue weighted by Gasteiger charge is 2.35. The fraction of sp³-hybridized carbons (Fsp3) is 0.211. The number of aliphatic imine (C=N–C) groups is 1. The summed E-state index contributed by atoms with van der Waals surface area (Å²) < 4.78 is 18.8. The van der Waals surface area contributed by atoms with Gasteiger partial charge < -0.3 is 15.0 Å². The highest BCUT2D eigenvalue weighted by atomic mass is 35.5. The molecule has 1 atom stereocenters. The Labute approximate surface area is 156 Å². The Bertz CT molecular complexity index is 851. The Morgan fingerprint density at radius 3 is 2.62 bits per heavy atom. The van der Waals surface area contributed by atoms with E-state index in [4.69, 9.17) is 16.3 Å². The minimum Gasteiger partial charge on any atom is -0.352 e. The SMILES string of the molecule is COC1NC2=NCN(Cc3ccc(Cl)cc3)C=C2N1c1ccc(F)cc1. The molecule has 134 valence electrons. The van der Waals surface area contributed by atoms with Gasteiger partial charge in [-0.1, -0.05) is 23.7 Å². The van der Waals surface area contributed by atoms with Crippen LogP contribution in [-0.4, -0.2) is 30.9 Å². The van der Waals surface area contributed by atoms with Gasteiger partial charge in [-0.3, -0.25) is 4.90 Å². The number of methoxy groups -OCH3 is 1. The van der Waals surface area contributed by atoms with E-state index < -0.39 is 0 Å². The first kappa shape index (κ1) is 16.9. The standard InChI is InChI=1S/C19H18ClFN4O/c1-26-19-23-18-17(25(19)16-8-6-15(21)7-9-16)11-24(12-22-18)10-13-2-4-14(20)5-3-13/h2-9,11,19H,10,12H2,1H3,(H,22,23). The molecule has 2 aromatic carbocycles. The van der Waals surface area contributed by atoms with Crippen molar-refractivity contribution in [2.75, 3.05) is 18.7 Å². The zero-order valence-electron chi connectivity index (χ0n) is 14.2. The van der Waals surface area contributed by atoms with Crippen molar-refractivity contribution >= 4 is 23.1 Å². The minimum absolute atomic E-state index is 0.272. The van der Waals surface area contributed by atoms with Crippen molar-refractivity contribution in [2.24, 2.45) is 4.99 Å². The zero-order valence-corrected chi connectivity index (χ0v) is 14.9. The third-order valence-electron chi connectivity index (χ3n) is 4.34. The Kier molecular flexibility index (Phi) is 4.53. The van der Waals surface area contributed by atoms with E-state index in [0.717, 1.165) is 27.8 Å². The fourth-order valence-electron chi connectivity index (χ4n) is 3.08. The van der Waals surface area contributed by atoms with Crippen molar-refractivity contribution < 1.29 is 9.13 Å². The second-order valence-electron chi connectivity index (χ2n) is 6.11. The molecule has 7 heteroatoms. The van der Waals surface area contributed by atoms with E-state index in [-0.39, 0.29) is 12.2 Å². The van der Waals surface area contributed by atoms with Gasteiger partial charge in [-0.2, -0.15) is 0 Å². The van der Waals surface area contributed by atoms with Crippen molar-refractivity contribution in [3.05, 3.63) is 76.8 Å². The molecule has 2 heterocycles. The number of fused-ring (bicyclic) bond motifs is 1. The summed E-state index contributed by atoms with van der Waals surface area (Å²) in [6.45, 7) is 1.26. The summed E-state index contributed by atoms with van der Waals surface area (Å²) in [5.41, 5.74) is 2.87. The highest BCUT2D eigenvalue weighted by molar-refractivity contribution is 6.30. The van der Waals surface area contributed by atoms with E-state index in [0.29, 0.717) is 13.2 Å². The third kappa shape index (κ3) is 3.25. The van der Waals surface area contributed by atoms with Crippen LogP contribution in [0.2, 0.25) is 5.02 Å². The summed E-state index contributed by atoms with van der Waals surface area (Å²) in [5, 5.41) is 3.96. The number of anilines is 1. The van der Waals surface area contributed by atoms with Gasteiger partial charge in [0, 0.05) is 30.6 Å². The third-order valence-corrected chi connectivity index (χ3v) is 4.59. The monoisotopic (exact) mass is 372 g/mol.